The van der Waals surface area contributed by atoms with E-state index in [0.29, 0.717) is 27.8 Å². The number of nitrogens with zero attached hydrogens (tertiary/aromatic N) is 1. The van der Waals surface area contributed by atoms with E-state index in [1.807, 2.05) is 31.2 Å². The third kappa shape index (κ3) is 4.82. The van der Waals surface area contributed by atoms with Crippen molar-refractivity contribution in [2.75, 3.05) is 7.11 Å². The Morgan fingerprint density at radius 2 is 1.97 bits per heavy atom. The number of aryl methyl sites for hydroxylation is 1. The Balaban J connectivity index is 2.14. The van der Waals surface area contributed by atoms with Crippen LogP contribution in [0.3, 0.4) is 0 Å². The molecule has 0 spiro atoms. The zero-order chi connectivity index (χ0) is 21.1. The number of benzene rings is 2. The Bertz CT molecular complexity index is 1030. The first-order chi connectivity index (χ1) is 13.8. The molecule has 0 aliphatic rings. The first-order valence-electron chi connectivity index (χ1n) is 9.41. The van der Waals surface area contributed by atoms with Gasteiger partial charge < -0.3 is 9.84 Å². The van der Waals surface area contributed by atoms with E-state index in [1.165, 1.54) is 23.5 Å². The molecule has 1 N–H and O–H groups in total. The third-order valence-electron chi connectivity index (χ3n) is 4.84. The number of methoxy groups -OCH3 is 1. The number of carboxylic acids is 1. The lowest BCUT2D eigenvalue weighted by Gasteiger charge is -2.17. The van der Waals surface area contributed by atoms with Crippen molar-refractivity contribution < 1.29 is 19.0 Å². The Morgan fingerprint density at radius 3 is 2.55 bits per heavy atom. The second kappa shape index (κ2) is 8.74. The third-order valence-corrected chi connectivity index (χ3v) is 5.87. The molecule has 152 valence electrons. The number of hydrogen-bond acceptors (Lipinski definition) is 4. The van der Waals surface area contributed by atoms with E-state index in [-0.39, 0.29) is 6.42 Å². The quantitative estimate of drug-likeness (QED) is 0.516. The number of carboxylic acid groups (broad SMARTS) is 1. The van der Waals surface area contributed by atoms with Crippen LogP contribution in [0, 0.1) is 12.7 Å². The molecule has 6 heteroatoms. The van der Waals surface area contributed by atoms with Crippen molar-refractivity contribution in [3.8, 4) is 16.9 Å². The molecule has 4 nitrogen and oxygen atoms in total. The van der Waals surface area contributed by atoms with Crippen molar-refractivity contribution in [3.63, 3.8) is 0 Å². The standard InChI is InChI=1S/C23H24FNO3S/c1-13(2)15-5-6-21(28-4)19(10-15)16-7-17(9-18(24)8-16)20(11-22(26)27)23-25-12-14(3)29-23/h5-10,12-13,20H,11H2,1-4H3,(H,26,27). The maximum absolute atomic E-state index is 14.6. The van der Waals surface area contributed by atoms with Gasteiger partial charge in [-0.3, -0.25) is 4.79 Å². The van der Waals surface area contributed by atoms with Crippen molar-refractivity contribution in [2.24, 2.45) is 0 Å². The van der Waals surface area contributed by atoms with Gasteiger partial charge in [-0.05, 0) is 53.8 Å². The number of carbonyl (C=O) groups is 1. The summed E-state index contributed by atoms with van der Waals surface area (Å²) in [5.41, 5.74) is 3.14. The molecule has 1 heterocycles. The summed E-state index contributed by atoms with van der Waals surface area (Å²) in [5, 5.41) is 10.1. The summed E-state index contributed by atoms with van der Waals surface area (Å²) >= 11 is 1.43. The van der Waals surface area contributed by atoms with Gasteiger partial charge in [0.1, 0.15) is 16.6 Å². The fourth-order valence-electron chi connectivity index (χ4n) is 3.33. The summed E-state index contributed by atoms with van der Waals surface area (Å²) in [6.45, 7) is 6.10. The lowest BCUT2D eigenvalue weighted by molar-refractivity contribution is -0.137. The SMILES string of the molecule is COc1ccc(C(C)C)cc1-c1cc(F)cc(C(CC(=O)O)c2ncc(C)s2)c1. The van der Waals surface area contributed by atoms with Crippen molar-refractivity contribution in [1.29, 1.82) is 0 Å². The number of ether oxygens (including phenoxy) is 1. The second-order valence-electron chi connectivity index (χ2n) is 7.35. The van der Waals surface area contributed by atoms with Gasteiger partial charge >= 0.3 is 5.97 Å². The zero-order valence-electron chi connectivity index (χ0n) is 16.9. The molecule has 2 aromatic carbocycles. The predicted molar refractivity (Wildman–Crippen MR) is 113 cm³/mol. The van der Waals surface area contributed by atoms with Crippen molar-refractivity contribution >= 4 is 17.3 Å². The average molecular weight is 414 g/mol. The van der Waals surface area contributed by atoms with Gasteiger partial charge in [0, 0.05) is 22.6 Å². The highest BCUT2D eigenvalue weighted by Crippen LogP contribution is 2.37. The van der Waals surface area contributed by atoms with Crippen molar-refractivity contribution in [2.45, 2.75) is 39.0 Å². The molecule has 0 saturated carbocycles. The lowest BCUT2D eigenvalue weighted by atomic mass is 9.91. The summed E-state index contributed by atoms with van der Waals surface area (Å²) in [6.07, 6.45) is 1.56. The van der Waals surface area contributed by atoms with Crippen LogP contribution in [0.4, 0.5) is 4.39 Å². The smallest absolute Gasteiger partial charge is 0.304 e. The fraction of sp³-hybridized carbons (Fsp3) is 0.304. The van der Waals surface area contributed by atoms with Crippen LogP contribution in [0.25, 0.3) is 11.1 Å². The van der Waals surface area contributed by atoms with Crippen LogP contribution < -0.4 is 4.74 Å². The molecule has 1 unspecified atom stereocenters. The van der Waals surface area contributed by atoms with Crippen molar-refractivity contribution in [1.82, 2.24) is 4.98 Å². The molecule has 0 saturated heterocycles. The van der Waals surface area contributed by atoms with E-state index in [0.717, 1.165) is 16.0 Å². The maximum Gasteiger partial charge on any atom is 0.304 e. The monoisotopic (exact) mass is 413 g/mol. The number of halogens is 1. The number of aliphatic carboxylic acids is 1. The van der Waals surface area contributed by atoms with Gasteiger partial charge in [0.15, 0.2) is 0 Å². The van der Waals surface area contributed by atoms with E-state index >= 15 is 0 Å². The van der Waals surface area contributed by atoms with Gasteiger partial charge in [0.2, 0.25) is 0 Å². The molecule has 0 aliphatic heterocycles. The topological polar surface area (TPSA) is 59.4 Å². The van der Waals surface area contributed by atoms with Crippen LogP contribution >= 0.6 is 11.3 Å². The van der Waals surface area contributed by atoms with E-state index < -0.39 is 17.7 Å². The summed E-state index contributed by atoms with van der Waals surface area (Å²) in [4.78, 5) is 16.8. The Kier molecular flexibility index (Phi) is 6.33. The van der Waals surface area contributed by atoms with Crippen LogP contribution in [-0.2, 0) is 4.79 Å². The molecule has 0 radical (unpaired) electrons. The average Bonchev–Trinajstić information content (AvgIpc) is 3.10. The highest BCUT2D eigenvalue weighted by atomic mass is 32.1. The molecule has 0 fully saturated rings. The van der Waals surface area contributed by atoms with Crippen molar-refractivity contribution in [3.05, 3.63) is 69.4 Å². The van der Waals surface area contributed by atoms with E-state index in [1.54, 1.807) is 13.3 Å². The minimum absolute atomic E-state index is 0.154. The van der Waals surface area contributed by atoms with E-state index in [2.05, 4.69) is 18.8 Å². The van der Waals surface area contributed by atoms with Gasteiger partial charge in [0.05, 0.1) is 13.5 Å². The molecule has 3 aromatic rings. The Hall–Kier alpha value is -2.73. The number of aromatic nitrogens is 1. The van der Waals surface area contributed by atoms with Gasteiger partial charge in [0.25, 0.3) is 0 Å². The molecular formula is C23H24FNO3S. The molecule has 29 heavy (non-hydrogen) atoms. The van der Waals surface area contributed by atoms with Crippen LogP contribution in [0.5, 0.6) is 5.75 Å². The minimum atomic E-state index is -0.951. The minimum Gasteiger partial charge on any atom is -0.496 e. The number of thiazole rings is 1. The number of rotatable bonds is 7. The van der Waals surface area contributed by atoms with Crippen LogP contribution in [0.1, 0.15) is 53.1 Å². The predicted octanol–water partition coefficient (Wildman–Crippen LogP) is 6.00. The Morgan fingerprint density at radius 1 is 1.21 bits per heavy atom. The normalized spacial score (nSPS) is 12.2. The zero-order valence-corrected chi connectivity index (χ0v) is 17.7. The van der Waals surface area contributed by atoms with Gasteiger partial charge in [-0.2, -0.15) is 0 Å². The fourth-order valence-corrected chi connectivity index (χ4v) is 4.24. The maximum atomic E-state index is 14.6. The van der Waals surface area contributed by atoms with Crippen LogP contribution in [0.15, 0.2) is 42.6 Å². The molecular weight excluding hydrogens is 389 g/mol. The molecule has 3 rings (SSSR count). The second-order valence-corrected chi connectivity index (χ2v) is 8.61. The highest BCUT2D eigenvalue weighted by molar-refractivity contribution is 7.11. The van der Waals surface area contributed by atoms with Crippen LogP contribution in [-0.4, -0.2) is 23.2 Å². The summed E-state index contributed by atoms with van der Waals surface area (Å²) in [5.74, 6) is -0.928. The lowest BCUT2D eigenvalue weighted by Crippen LogP contribution is -2.08. The van der Waals surface area contributed by atoms with E-state index in [4.69, 9.17) is 4.74 Å². The first-order valence-corrected chi connectivity index (χ1v) is 10.2. The largest absolute Gasteiger partial charge is 0.496 e. The van der Waals surface area contributed by atoms with Gasteiger partial charge in [-0.15, -0.1) is 11.3 Å². The summed E-state index contributed by atoms with van der Waals surface area (Å²) < 4.78 is 20.1. The first kappa shape index (κ1) is 21.0. The molecule has 0 bridgehead atoms. The van der Waals surface area contributed by atoms with E-state index in [9.17, 15) is 14.3 Å². The van der Waals surface area contributed by atoms with Gasteiger partial charge in [-0.1, -0.05) is 26.0 Å². The highest BCUT2D eigenvalue weighted by Gasteiger charge is 2.23. The summed E-state index contributed by atoms with van der Waals surface area (Å²) in [7, 11) is 1.58. The molecule has 0 amide bonds. The van der Waals surface area contributed by atoms with Gasteiger partial charge in [-0.25, -0.2) is 9.37 Å². The molecule has 1 aromatic heterocycles. The molecule has 0 aliphatic carbocycles. The summed E-state index contributed by atoms with van der Waals surface area (Å²) in [6, 6.07) is 10.6. The number of hydrogen-bond donors (Lipinski definition) is 1. The molecule has 1 atom stereocenters. The Labute approximate surface area is 174 Å². The van der Waals surface area contributed by atoms with Crippen LogP contribution in [0.2, 0.25) is 0 Å².